The third-order valence-corrected chi connectivity index (χ3v) is 4.69. The first kappa shape index (κ1) is 18.0. The third-order valence-electron chi connectivity index (χ3n) is 4.69. The summed E-state index contributed by atoms with van der Waals surface area (Å²) in [5.41, 5.74) is 2.45. The van der Waals surface area contributed by atoms with Crippen LogP contribution in [0.2, 0.25) is 0 Å². The Kier molecular flexibility index (Phi) is 7.64. The molecule has 0 fully saturated rings. The van der Waals surface area contributed by atoms with Crippen molar-refractivity contribution in [3.8, 4) is 0 Å². The van der Waals surface area contributed by atoms with Gasteiger partial charge in [-0.05, 0) is 18.6 Å². The lowest BCUT2D eigenvalue weighted by molar-refractivity contribution is 0.531. The molecule has 128 valence electrons. The standard InChI is InChI=1S/C21H34N2/c1-4-5-6-7-8-9-10-11-14-17-23-20-16-13-12-15-19(20)22-21(23)18(2)3/h12-13,15-16,18H,4-11,14,17H2,1-3H3. The second-order valence-corrected chi connectivity index (χ2v) is 7.09. The van der Waals surface area contributed by atoms with Crippen LogP contribution in [0.5, 0.6) is 0 Å². The van der Waals surface area contributed by atoms with Gasteiger partial charge in [0.25, 0.3) is 0 Å². The molecule has 1 heterocycles. The van der Waals surface area contributed by atoms with Crippen LogP contribution in [0.25, 0.3) is 11.0 Å². The molecule has 0 aliphatic carbocycles. The molecule has 0 bridgehead atoms. The Balaban J connectivity index is 1.77. The van der Waals surface area contributed by atoms with E-state index in [1.54, 1.807) is 0 Å². The van der Waals surface area contributed by atoms with E-state index in [1.807, 2.05) is 0 Å². The van der Waals surface area contributed by atoms with Crippen LogP contribution in [0.1, 0.15) is 90.3 Å². The van der Waals surface area contributed by atoms with Crippen LogP contribution in [0.3, 0.4) is 0 Å². The summed E-state index contributed by atoms with van der Waals surface area (Å²) in [4.78, 5) is 4.83. The van der Waals surface area contributed by atoms with Crippen LogP contribution in [0.15, 0.2) is 24.3 Å². The molecule has 2 aromatic rings. The lowest BCUT2D eigenvalue weighted by atomic mass is 10.1. The first-order valence-corrected chi connectivity index (χ1v) is 9.69. The van der Waals surface area contributed by atoms with Crippen LogP contribution in [-0.4, -0.2) is 9.55 Å². The van der Waals surface area contributed by atoms with Gasteiger partial charge in [0, 0.05) is 12.5 Å². The highest BCUT2D eigenvalue weighted by molar-refractivity contribution is 5.76. The minimum absolute atomic E-state index is 0.487. The van der Waals surface area contributed by atoms with Gasteiger partial charge < -0.3 is 4.57 Å². The van der Waals surface area contributed by atoms with Crippen molar-refractivity contribution in [1.82, 2.24) is 9.55 Å². The fraction of sp³-hybridized carbons (Fsp3) is 0.667. The van der Waals surface area contributed by atoms with Gasteiger partial charge in [0.1, 0.15) is 5.82 Å². The Bertz CT molecular complexity index is 568. The summed E-state index contributed by atoms with van der Waals surface area (Å²) in [6.07, 6.45) is 12.4. The van der Waals surface area contributed by atoms with Gasteiger partial charge in [-0.3, -0.25) is 0 Å². The Morgan fingerprint density at radius 1 is 0.870 bits per heavy atom. The summed E-state index contributed by atoms with van der Waals surface area (Å²) in [5, 5.41) is 0. The van der Waals surface area contributed by atoms with Crippen LogP contribution in [0, 0.1) is 0 Å². The highest BCUT2D eigenvalue weighted by atomic mass is 15.1. The number of hydrogen-bond donors (Lipinski definition) is 0. The molecule has 1 aromatic heterocycles. The van der Waals surface area contributed by atoms with E-state index in [0.29, 0.717) is 5.92 Å². The van der Waals surface area contributed by atoms with E-state index in [4.69, 9.17) is 4.98 Å². The van der Waals surface area contributed by atoms with E-state index in [-0.39, 0.29) is 0 Å². The Morgan fingerprint density at radius 3 is 2.13 bits per heavy atom. The third kappa shape index (κ3) is 5.37. The van der Waals surface area contributed by atoms with Crippen molar-refractivity contribution in [2.45, 2.75) is 91.0 Å². The molecule has 0 saturated heterocycles. The van der Waals surface area contributed by atoms with Crippen LogP contribution >= 0.6 is 0 Å². The van der Waals surface area contributed by atoms with Crippen molar-refractivity contribution in [3.63, 3.8) is 0 Å². The monoisotopic (exact) mass is 314 g/mol. The number of nitrogens with zero attached hydrogens (tertiary/aromatic N) is 2. The molecule has 0 spiro atoms. The second kappa shape index (κ2) is 9.75. The zero-order valence-electron chi connectivity index (χ0n) is 15.4. The van der Waals surface area contributed by atoms with Crippen molar-refractivity contribution in [2.24, 2.45) is 0 Å². The van der Waals surface area contributed by atoms with Gasteiger partial charge in [-0.25, -0.2) is 4.98 Å². The van der Waals surface area contributed by atoms with Crippen molar-refractivity contribution >= 4 is 11.0 Å². The van der Waals surface area contributed by atoms with E-state index in [1.165, 1.54) is 69.1 Å². The number of hydrogen-bond acceptors (Lipinski definition) is 1. The van der Waals surface area contributed by atoms with Gasteiger partial charge in [-0.2, -0.15) is 0 Å². The summed E-state index contributed by atoms with van der Waals surface area (Å²) in [7, 11) is 0. The Hall–Kier alpha value is -1.31. The highest BCUT2D eigenvalue weighted by Crippen LogP contribution is 2.22. The first-order chi connectivity index (χ1) is 11.2. The molecular weight excluding hydrogens is 280 g/mol. The lowest BCUT2D eigenvalue weighted by Gasteiger charge is -2.11. The van der Waals surface area contributed by atoms with E-state index >= 15 is 0 Å². The average molecular weight is 315 g/mol. The maximum Gasteiger partial charge on any atom is 0.112 e. The first-order valence-electron chi connectivity index (χ1n) is 9.69. The highest BCUT2D eigenvalue weighted by Gasteiger charge is 2.12. The predicted molar refractivity (Wildman–Crippen MR) is 101 cm³/mol. The van der Waals surface area contributed by atoms with E-state index < -0.39 is 0 Å². The molecule has 0 radical (unpaired) electrons. The number of benzene rings is 1. The molecule has 1 aromatic carbocycles. The molecule has 0 atom stereocenters. The normalized spacial score (nSPS) is 11.7. The molecule has 0 saturated carbocycles. The number of fused-ring (bicyclic) bond motifs is 1. The SMILES string of the molecule is CCCCCCCCCCCn1c(C(C)C)nc2ccccc21. The van der Waals surface area contributed by atoms with E-state index in [9.17, 15) is 0 Å². The molecular formula is C21H34N2. The smallest absolute Gasteiger partial charge is 0.112 e. The van der Waals surface area contributed by atoms with Crippen molar-refractivity contribution in [3.05, 3.63) is 30.1 Å². The van der Waals surface area contributed by atoms with Gasteiger partial charge in [0.2, 0.25) is 0 Å². The van der Waals surface area contributed by atoms with E-state index in [2.05, 4.69) is 49.6 Å². The van der Waals surface area contributed by atoms with Crippen molar-refractivity contribution < 1.29 is 0 Å². The van der Waals surface area contributed by atoms with Crippen molar-refractivity contribution in [1.29, 1.82) is 0 Å². The number of imidazole rings is 1. The van der Waals surface area contributed by atoms with Gasteiger partial charge in [-0.15, -0.1) is 0 Å². The topological polar surface area (TPSA) is 17.8 Å². The molecule has 23 heavy (non-hydrogen) atoms. The number of unbranched alkanes of at least 4 members (excludes halogenated alkanes) is 8. The second-order valence-electron chi connectivity index (χ2n) is 7.09. The molecule has 0 aliphatic rings. The van der Waals surface area contributed by atoms with Gasteiger partial charge in [0.15, 0.2) is 0 Å². The Labute approximate surface area is 142 Å². The van der Waals surface area contributed by atoms with Crippen LogP contribution < -0.4 is 0 Å². The summed E-state index contributed by atoms with van der Waals surface area (Å²) in [6, 6.07) is 8.55. The maximum absolute atomic E-state index is 4.83. The van der Waals surface area contributed by atoms with Gasteiger partial charge in [0.05, 0.1) is 11.0 Å². The maximum atomic E-state index is 4.83. The number of aryl methyl sites for hydroxylation is 1. The zero-order chi connectivity index (χ0) is 16.5. The lowest BCUT2D eigenvalue weighted by Crippen LogP contribution is -2.05. The van der Waals surface area contributed by atoms with Gasteiger partial charge in [-0.1, -0.05) is 84.3 Å². The number of rotatable bonds is 11. The molecule has 2 heteroatoms. The predicted octanol–water partition coefficient (Wildman–Crippen LogP) is 6.69. The number of aromatic nitrogens is 2. The average Bonchev–Trinajstić information content (AvgIpc) is 2.92. The van der Waals surface area contributed by atoms with Crippen molar-refractivity contribution in [2.75, 3.05) is 0 Å². The summed E-state index contributed by atoms with van der Waals surface area (Å²) < 4.78 is 2.45. The van der Waals surface area contributed by atoms with E-state index in [0.717, 1.165) is 12.1 Å². The van der Waals surface area contributed by atoms with Crippen LogP contribution in [0.4, 0.5) is 0 Å². The Morgan fingerprint density at radius 2 is 1.48 bits per heavy atom. The van der Waals surface area contributed by atoms with Gasteiger partial charge >= 0.3 is 0 Å². The fourth-order valence-corrected chi connectivity index (χ4v) is 3.35. The molecule has 0 N–H and O–H groups in total. The fourth-order valence-electron chi connectivity index (χ4n) is 3.35. The summed E-state index contributed by atoms with van der Waals surface area (Å²) in [6.45, 7) is 7.89. The molecule has 2 nitrogen and oxygen atoms in total. The molecule has 0 unspecified atom stereocenters. The number of para-hydroxylation sites is 2. The summed E-state index contributed by atoms with van der Waals surface area (Å²) >= 11 is 0. The molecule has 0 amide bonds. The quantitative estimate of drug-likeness (QED) is 0.422. The minimum Gasteiger partial charge on any atom is -0.328 e. The molecule has 0 aliphatic heterocycles. The summed E-state index contributed by atoms with van der Waals surface area (Å²) in [5.74, 6) is 1.73. The van der Waals surface area contributed by atoms with Crippen LogP contribution in [-0.2, 0) is 6.54 Å². The minimum atomic E-state index is 0.487. The molecule has 2 rings (SSSR count). The zero-order valence-corrected chi connectivity index (χ0v) is 15.4. The largest absolute Gasteiger partial charge is 0.328 e.